The molecule has 2 rings (SSSR count). The highest BCUT2D eigenvalue weighted by Gasteiger charge is 2.14. The van der Waals surface area contributed by atoms with Crippen LogP contribution < -0.4 is 14.8 Å². The van der Waals surface area contributed by atoms with Crippen molar-refractivity contribution < 1.29 is 18.7 Å². The van der Waals surface area contributed by atoms with Crippen LogP contribution in [0.15, 0.2) is 42.5 Å². The van der Waals surface area contributed by atoms with Gasteiger partial charge in [-0.25, -0.2) is 4.39 Å². The molecule has 0 heterocycles. The quantitative estimate of drug-likeness (QED) is 0.873. The molecule has 0 aliphatic heterocycles. The Labute approximate surface area is 139 Å². The standard InChI is InChI=1S/C17H17ClFNO3/c1-11(13-5-3-4-6-15(13)22-2)20-17(21)10-23-16-8-7-12(19)9-14(16)18/h3-9,11H,10H2,1-2H3,(H,20,21). The zero-order valence-corrected chi connectivity index (χ0v) is 13.6. The number of hydrogen-bond acceptors (Lipinski definition) is 3. The van der Waals surface area contributed by atoms with Crippen molar-refractivity contribution in [2.45, 2.75) is 13.0 Å². The van der Waals surface area contributed by atoms with Crippen LogP contribution in [0.25, 0.3) is 0 Å². The number of para-hydroxylation sites is 1. The number of carbonyl (C=O) groups excluding carboxylic acids is 1. The SMILES string of the molecule is COc1ccccc1C(C)NC(=O)COc1ccc(F)cc1Cl. The Morgan fingerprint density at radius 3 is 2.70 bits per heavy atom. The Bertz CT molecular complexity index is 693. The molecule has 1 atom stereocenters. The normalized spacial score (nSPS) is 11.7. The lowest BCUT2D eigenvalue weighted by Gasteiger charge is -2.17. The molecular formula is C17H17ClFNO3. The van der Waals surface area contributed by atoms with Gasteiger partial charge in [0.15, 0.2) is 6.61 Å². The van der Waals surface area contributed by atoms with Gasteiger partial charge in [0.05, 0.1) is 18.2 Å². The minimum atomic E-state index is -0.461. The van der Waals surface area contributed by atoms with Crippen LogP contribution in [0, 0.1) is 5.82 Å². The summed E-state index contributed by atoms with van der Waals surface area (Å²) < 4.78 is 23.5. The van der Waals surface area contributed by atoms with E-state index in [1.807, 2.05) is 31.2 Å². The zero-order chi connectivity index (χ0) is 16.8. The minimum Gasteiger partial charge on any atom is -0.496 e. The van der Waals surface area contributed by atoms with Crippen LogP contribution in [0.4, 0.5) is 4.39 Å². The Balaban J connectivity index is 1.94. The third-order valence-electron chi connectivity index (χ3n) is 3.24. The molecule has 2 aromatic rings. The van der Waals surface area contributed by atoms with E-state index < -0.39 is 5.82 Å². The topological polar surface area (TPSA) is 47.6 Å². The average molecular weight is 338 g/mol. The van der Waals surface area contributed by atoms with Crippen LogP contribution in [0.2, 0.25) is 5.02 Å². The fourth-order valence-corrected chi connectivity index (χ4v) is 2.34. The van der Waals surface area contributed by atoms with Crippen molar-refractivity contribution in [3.63, 3.8) is 0 Å². The lowest BCUT2D eigenvalue weighted by Crippen LogP contribution is -2.31. The molecule has 1 N–H and O–H groups in total. The van der Waals surface area contributed by atoms with E-state index in [1.165, 1.54) is 12.1 Å². The highest BCUT2D eigenvalue weighted by Crippen LogP contribution is 2.26. The lowest BCUT2D eigenvalue weighted by atomic mass is 10.1. The maximum absolute atomic E-state index is 12.9. The first-order valence-electron chi connectivity index (χ1n) is 7.01. The van der Waals surface area contributed by atoms with Gasteiger partial charge in [-0.15, -0.1) is 0 Å². The highest BCUT2D eigenvalue weighted by atomic mass is 35.5. The van der Waals surface area contributed by atoms with Gasteiger partial charge in [-0.2, -0.15) is 0 Å². The van der Waals surface area contributed by atoms with Crippen LogP contribution in [0.1, 0.15) is 18.5 Å². The fourth-order valence-electron chi connectivity index (χ4n) is 2.12. The molecule has 0 saturated carbocycles. The van der Waals surface area contributed by atoms with Crippen molar-refractivity contribution in [2.75, 3.05) is 13.7 Å². The molecule has 2 aromatic carbocycles. The Morgan fingerprint density at radius 1 is 1.26 bits per heavy atom. The van der Waals surface area contributed by atoms with Crippen molar-refractivity contribution in [3.05, 3.63) is 58.9 Å². The molecule has 0 spiro atoms. The zero-order valence-electron chi connectivity index (χ0n) is 12.8. The van der Waals surface area contributed by atoms with Crippen LogP contribution in [-0.2, 0) is 4.79 Å². The van der Waals surface area contributed by atoms with Gasteiger partial charge in [-0.3, -0.25) is 4.79 Å². The first kappa shape index (κ1) is 17.1. The third-order valence-corrected chi connectivity index (χ3v) is 3.53. The summed E-state index contributed by atoms with van der Waals surface area (Å²) in [6, 6.07) is 10.9. The molecule has 122 valence electrons. The molecule has 0 saturated heterocycles. The number of carbonyl (C=O) groups is 1. The van der Waals surface area contributed by atoms with E-state index in [-0.39, 0.29) is 29.3 Å². The monoisotopic (exact) mass is 337 g/mol. The predicted octanol–water partition coefficient (Wildman–Crippen LogP) is 3.74. The van der Waals surface area contributed by atoms with Gasteiger partial charge >= 0.3 is 0 Å². The third kappa shape index (κ3) is 4.60. The van der Waals surface area contributed by atoms with E-state index in [1.54, 1.807) is 7.11 Å². The summed E-state index contributed by atoms with van der Waals surface area (Å²) in [5.41, 5.74) is 0.864. The van der Waals surface area contributed by atoms with E-state index >= 15 is 0 Å². The number of halogens is 2. The number of benzene rings is 2. The van der Waals surface area contributed by atoms with E-state index in [0.29, 0.717) is 5.75 Å². The molecule has 0 aromatic heterocycles. The van der Waals surface area contributed by atoms with Gasteiger partial charge in [-0.05, 0) is 31.2 Å². The molecule has 23 heavy (non-hydrogen) atoms. The summed E-state index contributed by atoms with van der Waals surface area (Å²) in [7, 11) is 1.58. The van der Waals surface area contributed by atoms with Crippen LogP contribution in [0.3, 0.4) is 0 Å². The van der Waals surface area contributed by atoms with Crippen molar-refractivity contribution in [3.8, 4) is 11.5 Å². The van der Waals surface area contributed by atoms with Crippen LogP contribution in [0.5, 0.6) is 11.5 Å². The molecule has 4 nitrogen and oxygen atoms in total. The van der Waals surface area contributed by atoms with Gasteiger partial charge in [0.2, 0.25) is 0 Å². The van der Waals surface area contributed by atoms with Gasteiger partial charge in [0, 0.05) is 5.56 Å². The molecule has 6 heteroatoms. The second-order valence-corrected chi connectivity index (χ2v) is 5.30. The van der Waals surface area contributed by atoms with Crippen molar-refractivity contribution >= 4 is 17.5 Å². The second-order valence-electron chi connectivity index (χ2n) is 4.89. The number of amides is 1. The lowest BCUT2D eigenvalue weighted by molar-refractivity contribution is -0.123. The molecule has 1 amide bonds. The summed E-state index contributed by atoms with van der Waals surface area (Å²) in [5.74, 6) is 0.177. The molecule has 0 radical (unpaired) electrons. The average Bonchev–Trinajstić information content (AvgIpc) is 2.54. The largest absolute Gasteiger partial charge is 0.496 e. The summed E-state index contributed by atoms with van der Waals surface area (Å²) >= 11 is 5.84. The Kier molecular flexibility index (Phi) is 5.82. The molecule has 0 fully saturated rings. The van der Waals surface area contributed by atoms with Gasteiger partial charge in [0.1, 0.15) is 17.3 Å². The summed E-state index contributed by atoms with van der Waals surface area (Å²) in [5, 5.41) is 2.93. The van der Waals surface area contributed by atoms with E-state index in [2.05, 4.69) is 5.32 Å². The molecule has 0 aliphatic carbocycles. The first-order chi connectivity index (χ1) is 11.0. The van der Waals surface area contributed by atoms with Crippen LogP contribution >= 0.6 is 11.6 Å². The molecule has 0 bridgehead atoms. The number of hydrogen-bond donors (Lipinski definition) is 1. The predicted molar refractivity (Wildman–Crippen MR) is 86.5 cm³/mol. The van der Waals surface area contributed by atoms with E-state index in [4.69, 9.17) is 21.1 Å². The maximum atomic E-state index is 12.9. The van der Waals surface area contributed by atoms with Gasteiger partial charge in [-0.1, -0.05) is 29.8 Å². The first-order valence-corrected chi connectivity index (χ1v) is 7.39. The molecular weight excluding hydrogens is 321 g/mol. The van der Waals surface area contributed by atoms with E-state index in [9.17, 15) is 9.18 Å². The Hall–Kier alpha value is -2.27. The number of nitrogens with one attached hydrogen (secondary N) is 1. The molecule has 1 unspecified atom stereocenters. The summed E-state index contributed by atoms with van der Waals surface area (Å²) in [6.07, 6.45) is 0. The maximum Gasteiger partial charge on any atom is 0.258 e. The van der Waals surface area contributed by atoms with Crippen molar-refractivity contribution in [1.82, 2.24) is 5.32 Å². The van der Waals surface area contributed by atoms with Crippen molar-refractivity contribution in [2.24, 2.45) is 0 Å². The Morgan fingerprint density at radius 2 is 2.00 bits per heavy atom. The van der Waals surface area contributed by atoms with E-state index in [0.717, 1.165) is 11.6 Å². The fraction of sp³-hybridized carbons (Fsp3) is 0.235. The number of rotatable bonds is 6. The van der Waals surface area contributed by atoms with Crippen molar-refractivity contribution in [1.29, 1.82) is 0 Å². The van der Waals surface area contributed by atoms with Gasteiger partial charge < -0.3 is 14.8 Å². The van der Waals surface area contributed by atoms with Crippen LogP contribution in [-0.4, -0.2) is 19.6 Å². The summed E-state index contributed by atoms with van der Waals surface area (Å²) in [4.78, 5) is 12.0. The minimum absolute atomic E-state index is 0.121. The smallest absolute Gasteiger partial charge is 0.258 e. The number of methoxy groups -OCH3 is 1. The molecule has 0 aliphatic rings. The second kappa shape index (κ2) is 7.83. The summed E-state index contributed by atoms with van der Waals surface area (Å²) in [6.45, 7) is 1.63. The number of ether oxygens (including phenoxy) is 2. The highest BCUT2D eigenvalue weighted by molar-refractivity contribution is 6.32. The van der Waals surface area contributed by atoms with Gasteiger partial charge in [0.25, 0.3) is 5.91 Å².